The van der Waals surface area contributed by atoms with E-state index in [0.717, 1.165) is 32.5 Å². The average Bonchev–Trinajstić information content (AvgIpc) is 2.68. The molecule has 1 aromatic rings. The van der Waals surface area contributed by atoms with Gasteiger partial charge in [-0.1, -0.05) is 43.5 Å². The Morgan fingerprint density at radius 3 is 2.60 bits per heavy atom. The fraction of sp³-hybridized carbons (Fsp3) is 0.667. The molecule has 1 saturated carbocycles. The van der Waals surface area contributed by atoms with Crippen LogP contribution in [0.4, 0.5) is 0 Å². The molecule has 0 radical (unpaired) electrons. The van der Waals surface area contributed by atoms with Crippen molar-refractivity contribution in [2.45, 2.75) is 64.1 Å². The van der Waals surface area contributed by atoms with Crippen molar-refractivity contribution >= 4 is 5.91 Å². The van der Waals surface area contributed by atoms with Crippen molar-refractivity contribution in [3.8, 4) is 0 Å². The van der Waals surface area contributed by atoms with Gasteiger partial charge in [-0.05, 0) is 50.4 Å². The lowest BCUT2D eigenvalue weighted by Gasteiger charge is -2.31. The third-order valence-electron chi connectivity index (χ3n) is 5.86. The number of hydrogen-bond acceptors (Lipinski definition) is 3. The summed E-state index contributed by atoms with van der Waals surface area (Å²) in [6, 6.07) is 9.27. The molecule has 2 fully saturated rings. The first-order valence-electron chi connectivity index (χ1n) is 9.99. The van der Waals surface area contributed by atoms with Crippen LogP contribution in [0.5, 0.6) is 0 Å². The van der Waals surface area contributed by atoms with E-state index in [2.05, 4.69) is 46.8 Å². The number of carbonyl (C=O) groups is 1. The summed E-state index contributed by atoms with van der Waals surface area (Å²) in [5.74, 6) is 0.327. The smallest absolute Gasteiger partial charge is 0.224 e. The lowest BCUT2D eigenvalue weighted by molar-refractivity contribution is -0.125. The monoisotopic (exact) mass is 343 g/mol. The fourth-order valence-electron chi connectivity index (χ4n) is 4.21. The van der Waals surface area contributed by atoms with Crippen LogP contribution in [0.25, 0.3) is 0 Å². The average molecular weight is 344 g/mol. The zero-order valence-electron chi connectivity index (χ0n) is 15.6. The van der Waals surface area contributed by atoms with Gasteiger partial charge in [-0.25, -0.2) is 0 Å². The van der Waals surface area contributed by atoms with E-state index in [4.69, 9.17) is 0 Å². The molecular weight excluding hydrogens is 310 g/mol. The minimum Gasteiger partial charge on any atom is -0.352 e. The van der Waals surface area contributed by atoms with Gasteiger partial charge in [0.1, 0.15) is 0 Å². The van der Waals surface area contributed by atoms with E-state index in [1.807, 2.05) is 0 Å². The molecule has 4 nitrogen and oxygen atoms in total. The number of rotatable bonds is 6. The third kappa shape index (κ3) is 5.29. The van der Waals surface area contributed by atoms with Gasteiger partial charge in [-0.2, -0.15) is 0 Å². The van der Waals surface area contributed by atoms with Gasteiger partial charge in [0, 0.05) is 25.7 Å². The molecule has 1 amide bonds. The lowest BCUT2D eigenvalue weighted by atomic mass is 9.94. The van der Waals surface area contributed by atoms with Crippen LogP contribution in [0.1, 0.15) is 56.1 Å². The number of benzene rings is 1. The minimum absolute atomic E-state index is 0.130. The van der Waals surface area contributed by atoms with Crippen LogP contribution in [0.2, 0.25) is 0 Å². The zero-order chi connectivity index (χ0) is 17.5. The van der Waals surface area contributed by atoms with Crippen molar-refractivity contribution < 1.29 is 4.79 Å². The Labute approximate surface area is 152 Å². The molecule has 1 aliphatic heterocycles. The highest BCUT2D eigenvalue weighted by molar-refractivity contribution is 5.79. The molecule has 1 aromatic carbocycles. The van der Waals surface area contributed by atoms with Crippen LogP contribution in [0.3, 0.4) is 0 Å². The third-order valence-corrected chi connectivity index (χ3v) is 5.86. The quantitative estimate of drug-likeness (QED) is 0.834. The predicted molar refractivity (Wildman–Crippen MR) is 102 cm³/mol. The van der Waals surface area contributed by atoms with Crippen molar-refractivity contribution in [2.24, 2.45) is 5.92 Å². The number of piperidine rings is 1. The molecule has 2 N–H and O–H groups in total. The zero-order valence-corrected chi connectivity index (χ0v) is 15.6. The van der Waals surface area contributed by atoms with E-state index in [9.17, 15) is 4.79 Å². The fourth-order valence-corrected chi connectivity index (χ4v) is 4.21. The van der Waals surface area contributed by atoms with Gasteiger partial charge in [0.15, 0.2) is 0 Å². The van der Waals surface area contributed by atoms with E-state index >= 15 is 0 Å². The first kappa shape index (κ1) is 18.4. The molecule has 1 saturated heterocycles. The number of nitrogens with one attached hydrogen (secondary N) is 2. The second-order valence-corrected chi connectivity index (χ2v) is 7.74. The highest BCUT2D eigenvalue weighted by Gasteiger charge is 2.21. The number of amides is 1. The summed E-state index contributed by atoms with van der Waals surface area (Å²) in [6.45, 7) is 3.48. The number of hydrogen-bond donors (Lipinski definition) is 2. The molecular formula is C21H33N3O. The van der Waals surface area contributed by atoms with Gasteiger partial charge in [0.05, 0.1) is 5.92 Å². The maximum absolute atomic E-state index is 12.4. The first-order valence-corrected chi connectivity index (χ1v) is 9.99. The van der Waals surface area contributed by atoms with Crippen LogP contribution in [-0.4, -0.2) is 37.0 Å². The first-order chi connectivity index (χ1) is 12.2. The van der Waals surface area contributed by atoms with Crippen molar-refractivity contribution in [3.63, 3.8) is 0 Å². The maximum atomic E-state index is 12.4. The molecule has 0 spiro atoms. The van der Waals surface area contributed by atoms with Crippen LogP contribution < -0.4 is 10.6 Å². The van der Waals surface area contributed by atoms with E-state index in [1.54, 1.807) is 0 Å². The Kier molecular flexibility index (Phi) is 6.88. The summed E-state index contributed by atoms with van der Waals surface area (Å²) in [6.07, 6.45) is 8.87. The molecule has 2 aliphatic rings. The Bertz CT molecular complexity index is 548. The Morgan fingerprint density at radius 2 is 1.88 bits per heavy atom. The molecule has 138 valence electrons. The van der Waals surface area contributed by atoms with E-state index in [-0.39, 0.29) is 11.8 Å². The van der Waals surface area contributed by atoms with Crippen molar-refractivity contribution in [3.05, 3.63) is 35.4 Å². The van der Waals surface area contributed by atoms with Crippen LogP contribution in [0, 0.1) is 5.92 Å². The summed E-state index contributed by atoms with van der Waals surface area (Å²) in [7, 11) is 2.25. The highest BCUT2D eigenvalue weighted by Crippen LogP contribution is 2.23. The predicted octanol–water partition coefficient (Wildman–Crippen LogP) is 3.07. The summed E-state index contributed by atoms with van der Waals surface area (Å²) in [5.41, 5.74) is 2.60. The van der Waals surface area contributed by atoms with Gasteiger partial charge in [-0.3, -0.25) is 9.69 Å². The van der Waals surface area contributed by atoms with Gasteiger partial charge in [0.25, 0.3) is 0 Å². The van der Waals surface area contributed by atoms with Crippen molar-refractivity contribution in [2.75, 3.05) is 20.1 Å². The Balaban J connectivity index is 1.55. The van der Waals surface area contributed by atoms with Gasteiger partial charge in [0.2, 0.25) is 5.91 Å². The molecule has 1 atom stereocenters. The van der Waals surface area contributed by atoms with E-state index < -0.39 is 0 Å². The topological polar surface area (TPSA) is 44.4 Å². The minimum atomic E-state index is 0.130. The summed E-state index contributed by atoms with van der Waals surface area (Å²) in [4.78, 5) is 14.9. The highest BCUT2D eigenvalue weighted by atomic mass is 16.1. The second kappa shape index (κ2) is 9.35. The van der Waals surface area contributed by atoms with E-state index in [1.165, 1.54) is 43.2 Å². The van der Waals surface area contributed by atoms with Gasteiger partial charge < -0.3 is 10.6 Å². The number of carbonyl (C=O) groups excluding carboxylic acids is 1. The molecule has 1 aliphatic carbocycles. The summed E-state index contributed by atoms with van der Waals surface area (Å²) in [5, 5.41) is 6.48. The molecule has 0 aromatic heterocycles. The summed E-state index contributed by atoms with van der Waals surface area (Å²) >= 11 is 0. The lowest BCUT2D eigenvalue weighted by Crippen LogP contribution is -2.40. The van der Waals surface area contributed by atoms with Crippen LogP contribution >= 0.6 is 0 Å². The standard InChI is InChI=1S/C21H33N3O/c1-24(20-11-3-2-4-12-20)16-19-9-6-5-8-17(19)15-23-21(25)18-10-7-13-22-14-18/h5-6,8-9,18,20,22H,2-4,7,10-16H2,1H3,(H,23,25). The Morgan fingerprint density at radius 1 is 1.12 bits per heavy atom. The van der Waals surface area contributed by atoms with Crippen LogP contribution in [-0.2, 0) is 17.9 Å². The maximum Gasteiger partial charge on any atom is 0.224 e. The second-order valence-electron chi connectivity index (χ2n) is 7.74. The molecule has 0 bridgehead atoms. The Hall–Kier alpha value is -1.39. The molecule has 25 heavy (non-hydrogen) atoms. The molecule has 3 rings (SSSR count). The normalized spacial score (nSPS) is 22.1. The van der Waals surface area contributed by atoms with Crippen LogP contribution in [0.15, 0.2) is 24.3 Å². The molecule has 4 heteroatoms. The van der Waals surface area contributed by atoms with E-state index in [0.29, 0.717) is 12.6 Å². The number of nitrogens with zero attached hydrogens (tertiary/aromatic N) is 1. The summed E-state index contributed by atoms with van der Waals surface area (Å²) < 4.78 is 0. The molecule has 1 unspecified atom stereocenters. The van der Waals surface area contributed by atoms with Gasteiger partial charge >= 0.3 is 0 Å². The van der Waals surface area contributed by atoms with Crippen molar-refractivity contribution in [1.82, 2.24) is 15.5 Å². The van der Waals surface area contributed by atoms with Gasteiger partial charge in [-0.15, -0.1) is 0 Å². The largest absolute Gasteiger partial charge is 0.352 e. The van der Waals surface area contributed by atoms with Crippen molar-refractivity contribution in [1.29, 1.82) is 0 Å². The SMILES string of the molecule is CN(Cc1ccccc1CNC(=O)C1CCCNC1)C1CCCCC1. The molecule has 1 heterocycles.